The summed E-state index contributed by atoms with van der Waals surface area (Å²) in [6.07, 6.45) is 0. The third kappa shape index (κ3) is 8.96. The Labute approximate surface area is 290 Å². The second-order valence-corrected chi connectivity index (χ2v) is 16.8. The van der Waals surface area contributed by atoms with E-state index in [9.17, 15) is 0 Å². The van der Waals surface area contributed by atoms with E-state index in [0.717, 1.165) is 9.52 Å². The Balaban J connectivity index is 0.000000175. The summed E-state index contributed by atoms with van der Waals surface area (Å²) in [5.41, 5.74) is 8.19. The number of rotatable bonds is 2. The quantitative estimate of drug-likeness (QED) is 0.123. The first-order chi connectivity index (χ1) is 21.7. The van der Waals surface area contributed by atoms with Crippen LogP contribution in [0.2, 0.25) is 13.1 Å². The number of fused-ring (bicyclic) bond motifs is 3. The summed E-state index contributed by atoms with van der Waals surface area (Å²) in [6.45, 7) is 13.2. The van der Waals surface area contributed by atoms with E-state index in [4.69, 9.17) is 17.0 Å². The predicted octanol–water partition coefficient (Wildman–Crippen LogP) is 13.4. The SMILES string of the molecule is C[Si]C.Cc1cc2c(-c3ccc(C(C)(C)C)cc3)cccc2[cH-]1.[Cl][Zr+2][Cl].c1ccc2c(-c3cccc4[cH-]ccc34)cccc2c1. The molecule has 0 aliphatic heterocycles. The van der Waals surface area contributed by atoms with E-state index in [0.29, 0.717) is 0 Å². The summed E-state index contributed by atoms with van der Waals surface area (Å²) in [6, 6.07) is 48.2. The van der Waals surface area contributed by atoms with Crippen molar-refractivity contribution in [3.63, 3.8) is 0 Å². The van der Waals surface area contributed by atoms with Crippen LogP contribution in [0.15, 0.2) is 133 Å². The zero-order chi connectivity index (χ0) is 32.4. The smallest absolute Gasteiger partial charge is 0.0114 e. The fraction of sp³-hybridized carbons (Fsp3) is 0.171. The minimum absolute atomic E-state index is 0.210. The van der Waals surface area contributed by atoms with Crippen LogP contribution in [-0.4, -0.2) is 9.52 Å². The van der Waals surface area contributed by atoms with Crippen molar-refractivity contribution in [1.82, 2.24) is 0 Å². The van der Waals surface area contributed by atoms with Gasteiger partial charge in [0.05, 0.1) is 0 Å². The van der Waals surface area contributed by atoms with E-state index in [2.05, 4.69) is 174 Å². The first-order valence-corrected chi connectivity index (χ1v) is 23.5. The summed E-state index contributed by atoms with van der Waals surface area (Å²) < 4.78 is 0. The fourth-order valence-electron chi connectivity index (χ4n) is 5.64. The molecule has 0 unspecified atom stereocenters. The van der Waals surface area contributed by atoms with Gasteiger partial charge in [-0.15, -0.1) is 63.5 Å². The monoisotopic (exact) mass is 720 g/mol. The van der Waals surface area contributed by atoms with E-state index < -0.39 is 20.8 Å². The van der Waals surface area contributed by atoms with Crippen molar-refractivity contribution in [1.29, 1.82) is 0 Å². The van der Waals surface area contributed by atoms with Crippen molar-refractivity contribution >= 4 is 58.9 Å². The van der Waals surface area contributed by atoms with Crippen molar-refractivity contribution < 1.29 is 20.8 Å². The van der Waals surface area contributed by atoms with Crippen LogP contribution in [0.5, 0.6) is 0 Å². The number of halogens is 2. The summed E-state index contributed by atoms with van der Waals surface area (Å²) in [5, 5.41) is 7.94. The van der Waals surface area contributed by atoms with Crippen LogP contribution in [0.1, 0.15) is 31.9 Å². The van der Waals surface area contributed by atoms with Gasteiger partial charge in [0.25, 0.3) is 0 Å². The Bertz CT molecular complexity index is 1930. The molecule has 0 bridgehead atoms. The molecule has 226 valence electrons. The predicted molar refractivity (Wildman–Crippen MR) is 200 cm³/mol. The van der Waals surface area contributed by atoms with Gasteiger partial charge in [0, 0.05) is 9.52 Å². The molecule has 0 N–H and O–H groups in total. The molecule has 0 spiro atoms. The number of aryl methyl sites for hydroxylation is 1. The fourth-order valence-corrected chi connectivity index (χ4v) is 5.64. The summed E-state index contributed by atoms with van der Waals surface area (Å²) in [7, 11) is 11.0. The first-order valence-electron chi connectivity index (χ1n) is 15.2. The van der Waals surface area contributed by atoms with Crippen LogP contribution in [0.3, 0.4) is 0 Å². The van der Waals surface area contributed by atoms with Gasteiger partial charge < -0.3 is 0 Å². The molecule has 0 saturated heterocycles. The standard InChI is InChI=1S/C20H21.C19H13.C2H6Si.2ClH.Zr/c1-14-12-16-6-5-7-18(19(16)13-14)15-8-10-17(11-9-15)20(2,3)4;1-2-10-16-14(6-1)8-4-12-18(16)19-13-5-9-15-7-3-11-17(15)19;1-3-2;;;/h5-13H,1-4H3;1-13H;1-2H3;2*1H;/q2*-1;;;;+4/p-2. The first kappa shape index (κ1) is 35.1. The molecule has 0 nitrogen and oxygen atoms in total. The van der Waals surface area contributed by atoms with E-state index >= 15 is 0 Å². The topological polar surface area (TPSA) is 0 Å². The van der Waals surface area contributed by atoms with E-state index in [1.54, 1.807) is 0 Å². The normalized spacial score (nSPS) is 10.7. The second-order valence-electron chi connectivity index (χ2n) is 12.1. The van der Waals surface area contributed by atoms with E-state index in [1.165, 1.54) is 65.7 Å². The van der Waals surface area contributed by atoms with Gasteiger partial charge in [0.1, 0.15) is 0 Å². The maximum absolute atomic E-state index is 4.93. The molecule has 0 aliphatic rings. The third-order valence-corrected chi connectivity index (χ3v) is 7.72. The van der Waals surface area contributed by atoms with Crippen LogP contribution in [0, 0.1) is 6.92 Å². The molecule has 0 amide bonds. The molecule has 7 rings (SSSR count). The van der Waals surface area contributed by atoms with Crippen molar-refractivity contribution in [3.05, 3.63) is 145 Å². The Hall–Kier alpha value is -2.74. The molecular formula is C41H40Cl2SiZr. The molecule has 2 radical (unpaired) electrons. The summed E-state index contributed by atoms with van der Waals surface area (Å²) in [4.78, 5) is 0. The van der Waals surface area contributed by atoms with E-state index in [-0.39, 0.29) is 5.41 Å². The Morgan fingerprint density at radius 2 is 1.18 bits per heavy atom. The molecule has 0 fully saturated rings. The second kappa shape index (κ2) is 16.7. The zero-order valence-electron chi connectivity index (χ0n) is 27.0. The molecule has 0 heterocycles. The van der Waals surface area contributed by atoms with E-state index in [1.807, 2.05) is 0 Å². The number of hydrogen-bond donors (Lipinski definition) is 0. The summed E-state index contributed by atoms with van der Waals surface area (Å²) >= 11 is -0.826. The van der Waals surface area contributed by atoms with Gasteiger partial charge in [-0.05, 0) is 32.9 Å². The van der Waals surface area contributed by atoms with Crippen LogP contribution >= 0.6 is 17.0 Å². The van der Waals surface area contributed by atoms with Crippen molar-refractivity contribution in [2.24, 2.45) is 0 Å². The van der Waals surface area contributed by atoms with Gasteiger partial charge in [0.15, 0.2) is 0 Å². The number of benzene rings is 5. The molecule has 0 aliphatic carbocycles. The van der Waals surface area contributed by atoms with Gasteiger partial charge in [-0.1, -0.05) is 131 Å². The largest absolute Gasteiger partial charge is 0.168 e. The van der Waals surface area contributed by atoms with Crippen LogP contribution < -0.4 is 0 Å². The maximum Gasteiger partial charge on any atom is -0.0114 e. The number of hydrogen-bond acceptors (Lipinski definition) is 0. The molecule has 0 saturated carbocycles. The van der Waals surface area contributed by atoms with Crippen LogP contribution in [0.4, 0.5) is 0 Å². The average molecular weight is 723 g/mol. The Morgan fingerprint density at radius 1 is 0.622 bits per heavy atom. The van der Waals surface area contributed by atoms with Crippen molar-refractivity contribution in [2.75, 3.05) is 0 Å². The van der Waals surface area contributed by atoms with Gasteiger partial charge in [0.2, 0.25) is 0 Å². The van der Waals surface area contributed by atoms with Crippen molar-refractivity contribution in [3.8, 4) is 22.3 Å². The molecule has 7 aromatic rings. The van der Waals surface area contributed by atoms with Gasteiger partial charge >= 0.3 is 37.9 Å². The minimum Gasteiger partial charge on any atom is -0.168 e. The third-order valence-electron chi connectivity index (χ3n) is 7.72. The molecule has 7 aromatic carbocycles. The Kier molecular flexibility index (Phi) is 13.0. The molecular weight excluding hydrogens is 683 g/mol. The van der Waals surface area contributed by atoms with Gasteiger partial charge in [-0.2, -0.15) is 18.2 Å². The molecule has 45 heavy (non-hydrogen) atoms. The minimum atomic E-state index is -0.826. The van der Waals surface area contributed by atoms with Crippen LogP contribution in [0.25, 0.3) is 54.6 Å². The molecule has 0 aromatic heterocycles. The van der Waals surface area contributed by atoms with Crippen LogP contribution in [-0.2, 0) is 26.3 Å². The maximum atomic E-state index is 4.93. The average Bonchev–Trinajstić information content (AvgIpc) is 3.67. The zero-order valence-corrected chi connectivity index (χ0v) is 31.9. The van der Waals surface area contributed by atoms with Crippen molar-refractivity contribution in [2.45, 2.75) is 46.2 Å². The van der Waals surface area contributed by atoms with Gasteiger partial charge in [-0.25, -0.2) is 0 Å². The molecule has 0 atom stereocenters. The Morgan fingerprint density at radius 3 is 1.84 bits per heavy atom. The molecule has 4 heteroatoms. The summed E-state index contributed by atoms with van der Waals surface area (Å²) in [5.74, 6) is 0. The van der Waals surface area contributed by atoms with Gasteiger partial charge in [-0.3, -0.25) is 0 Å².